The highest BCUT2D eigenvalue weighted by Crippen LogP contribution is 2.50. The summed E-state index contributed by atoms with van der Waals surface area (Å²) in [6, 6.07) is 31.4. The second-order valence-electron chi connectivity index (χ2n) is 24.0. The zero-order chi connectivity index (χ0) is 53.2. The monoisotopic (exact) mass is 998 g/mol. The highest BCUT2D eigenvalue weighted by Gasteiger charge is 2.35. The number of halogens is 6. The molecule has 0 fully saturated rings. The van der Waals surface area contributed by atoms with Gasteiger partial charge >= 0.3 is 12.4 Å². The van der Waals surface area contributed by atoms with Gasteiger partial charge < -0.3 is 9.97 Å². The van der Waals surface area contributed by atoms with Crippen molar-refractivity contribution in [1.29, 1.82) is 0 Å². The summed E-state index contributed by atoms with van der Waals surface area (Å²) in [5.41, 5.74) is 14.3. The van der Waals surface area contributed by atoms with Crippen molar-refractivity contribution in [2.75, 3.05) is 0 Å². The van der Waals surface area contributed by atoms with Gasteiger partial charge in [0.25, 0.3) is 0 Å². The van der Waals surface area contributed by atoms with E-state index in [1.54, 1.807) is 0 Å². The number of rotatable bonds is 4. The van der Waals surface area contributed by atoms with Crippen LogP contribution in [0.25, 0.3) is 79.8 Å². The minimum atomic E-state index is -4.60. The first kappa shape index (κ1) is 50.3. The number of H-pyrrole nitrogens is 2. The van der Waals surface area contributed by atoms with Gasteiger partial charge in [0.2, 0.25) is 0 Å². The van der Waals surface area contributed by atoms with Crippen molar-refractivity contribution in [1.82, 2.24) is 19.9 Å². The third-order valence-corrected chi connectivity index (χ3v) is 14.4. The highest BCUT2D eigenvalue weighted by molar-refractivity contribution is 6.18. The van der Waals surface area contributed by atoms with Crippen LogP contribution in [0.15, 0.2) is 109 Å². The first-order valence-corrected chi connectivity index (χ1v) is 25.0. The lowest BCUT2D eigenvalue weighted by Gasteiger charge is -2.26. The van der Waals surface area contributed by atoms with Gasteiger partial charge in [0, 0.05) is 44.4 Å². The van der Waals surface area contributed by atoms with Crippen LogP contribution in [-0.4, -0.2) is 19.9 Å². The van der Waals surface area contributed by atoms with Gasteiger partial charge in [0.1, 0.15) is 0 Å². The minimum Gasteiger partial charge on any atom is -0.355 e. The van der Waals surface area contributed by atoms with Gasteiger partial charge in [-0.2, -0.15) is 26.3 Å². The molecule has 0 saturated heterocycles. The molecule has 4 nitrogen and oxygen atoms in total. The lowest BCUT2D eigenvalue weighted by atomic mass is 9.78. The van der Waals surface area contributed by atoms with E-state index in [1.807, 2.05) is 42.5 Å². The number of hydrogen-bond acceptors (Lipinski definition) is 2. The number of aromatic nitrogens is 4. The van der Waals surface area contributed by atoms with Gasteiger partial charge in [-0.1, -0.05) is 144 Å². The molecule has 74 heavy (non-hydrogen) atoms. The maximum absolute atomic E-state index is 14.2. The number of benzene rings is 4. The summed E-state index contributed by atoms with van der Waals surface area (Å²) in [5, 5.41) is 0. The third kappa shape index (κ3) is 9.37. The zero-order valence-electron chi connectivity index (χ0n) is 43.9. The van der Waals surface area contributed by atoms with Gasteiger partial charge in [0.15, 0.2) is 0 Å². The maximum atomic E-state index is 14.2. The van der Waals surface area contributed by atoms with Crippen LogP contribution >= 0.6 is 0 Å². The van der Waals surface area contributed by atoms with E-state index in [9.17, 15) is 26.3 Å². The molecule has 0 spiro atoms. The van der Waals surface area contributed by atoms with E-state index in [0.29, 0.717) is 61.5 Å². The summed E-state index contributed by atoms with van der Waals surface area (Å²) in [6.45, 7) is 26.3. The smallest absolute Gasteiger partial charge is 0.355 e. The second-order valence-corrected chi connectivity index (χ2v) is 24.0. The van der Waals surface area contributed by atoms with Crippen LogP contribution < -0.4 is 0 Å². The Kier molecular flexibility index (Phi) is 11.7. The quantitative estimate of drug-likeness (QED) is 0.173. The Morgan fingerprint density at radius 1 is 0.351 bits per heavy atom. The van der Waals surface area contributed by atoms with Crippen molar-refractivity contribution in [3.63, 3.8) is 0 Å². The van der Waals surface area contributed by atoms with Gasteiger partial charge in [-0.25, -0.2) is 9.97 Å². The van der Waals surface area contributed by atoms with Crippen molar-refractivity contribution in [2.24, 2.45) is 0 Å². The average Bonchev–Trinajstić information content (AvgIpc) is 4.16. The van der Waals surface area contributed by atoms with Crippen LogP contribution in [-0.2, 0) is 34.0 Å². The minimum absolute atomic E-state index is 0.203. The molecule has 2 aliphatic heterocycles. The zero-order valence-corrected chi connectivity index (χ0v) is 43.9. The van der Waals surface area contributed by atoms with Gasteiger partial charge in [-0.3, -0.25) is 0 Å². The van der Waals surface area contributed by atoms with E-state index < -0.39 is 23.5 Å². The normalized spacial score (nSPS) is 14.2. The van der Waals surface area contributed by atoms with Crippen molar-refractivity contribution in [3.05, 3.63) is 188 Å². The number of nitrogens with one attached hydrogen (secondary N) is 2. The Morgan fingerprint density at radius 3 is 1.23 bits per heavy atom. The SMILES string of the molecule is CC(C)(C)c1cc(-c2c3nc(c4c5[nH]c(cc5C(c5ccc(C(F)(F)F)cc5)=C4c4ccc(C(F)(F)F)cc4)c(-c4cc(C(C)(C)C)cc(C(C)(C)C)c4)c4nc(cc5ccc2[nH]5)C=C4)C=C3)cc(C(C)(C)C)c1. The number of fused-ring (bicyclic) bond motifs is 8. The van der Waals surface area contributed by atoms with Crippen LogP contribution in [0.1, 0.15) is 161 Å². The Balaban J connectivity index is 1.40. The topological polar surface area (TPSA) is 57.4 Å². The Morgan fingerprint density at radius 2 is 0.770 bits per heavy atom. The maximum Gasteiger partial charge on any atom is 0.416 e. The summed E-state index contributed by atoms with van der Waals surface area (Å²) in [7, 11) is 0. The molecular formula is C64H60F6N4. The highest BCUT2D eigenvalue weighted by atomic mass is 19.4. The average molecular weight is 999 g/mol. The third-order valence-electron chi connectivity index (χ3n) is 14.4. The fraction of sp³-hybridized carbons (Fsp3) is 0.281. The van der Waals surface area contributed by atoms with E-state index >= 15 is 0 Å². The van der Waals surface area contributed by atoms with Crippen molar-refractivity contribution in [3.8, 4) is 22.3 Å². The molecule has 3 aliphatic rings. The molecular weight excluding hydrogens is 939 g/mol. The lowest BCUT2D eigenvalue weighted by molar-refractivity contribution is -0.138. The summed E-state index contributed by atoms with van der Waals surface area (Å²) < 4.78 is 85.4. The molecule has 378 valence electrons. The van der Waals surface area contributed by atoms with E-state index in [2.05, 4.69) is 136 Å². The van der Waals surface area contributed by atoms with Gasteiger partial charge in [-0.15, -0.1) is 0 Å². The van der Waals surface area contributed by atoms with E-state index in [1.165, 1.54) is 24.3 Å². The summed E-state index contributed by atoms with van der Waals surface area (Å²) >= 11 is 0. The number of aromatic amines is 2. The van der Waals surface area contributed by atoms with Crippen LogP contribution in [0.4, 0.5) is 26.3 Å². The second kappa shape index (κ2) is 17.2. The Labute approximate surface area is 429 Å². The van der Waals surface area contributed by atoms with Crippen LogP contribution in [0.2, 0.25) is 0 Å². The van der Waals surface area contributed by atoms with E-state index in [0.717, 1.165) is 85.5 Å². The van der Waals surface area contributed by atoms with Crippen molar-refractivity contribution in [2.45, 2.75) is 117 Å². The first-order valence-electron chi connectivity index (χ1n) is 25.0. The molecule has 2 N–H and O–H groups in total. The molecule has 3 aromatic heterocycles. The molecule has 7 aromatic rings. The predicted octanol–water partition coefficient (Wildman–Crippen LogP) is 18.5. The van der Waals surface area contributed by atoms with Crippen LogP contribution in [0, 0.1) is 0 Å². The number of nitrogens with zero attached hydrogens (tertiary/aromatic N) is 2. The van der Waals surface area contributed by atoms with Gasteiger partial charge in [-0.05, 0) is 145 Å². The number of alkyl halides is 6. The Bertz CT molecular complexity index is 3630. The van der Waals surface area contributed by atoms with Crippen molar-refractivity contribution < 1.29 is 26.3 Å². The molecule has 5 heterocycles. The molecule has 0 atom stereocenters. The fourth-order valence-electron chi connectivity index (χ4n) is 10.1. The molecule has 10 heteroatoms. The molecule has 1 aliphatic carbocycles. The Hall–Kier alpha value is -7.20. The summed E-state index contributed by atoms with van der Waals surface area (Å²) in [6.07, 6.45) is -1.30. The largest absolute Gasteiger partial charge is 0.416 e. The fourth-order valence-corrected chi connectivity index (χ4v) is 10.1. The van der Waals surface area contributed by atoms with Gasteiger partial charge in [0.05, 0.1) is 39.4 Å². The number of hydrogen-bond donors (Lipinski definition) is 2. The van der Waals surface area contributed by atoms with E-state index in [4.69, 9.17) is 9.97 Å². The molecule has 0 radical (unpaired) electrons. The summed E-state index contributed by atoms with van der Waals surface area (Å²) in [4.78, 5) is 18.3. The van der Waals surface area contributed by atoms with Crippen LogP contribution in [0.3, 0.4) is 0 Å². The van der Waals surface area contributed by atoms with Crippen LogP contribution in [0.5, 0.6) is 0 Å². The molecule has 0 amide bonds. The molecule has 8 bridgehead atoms. The first-order chi connectivity index (χ1) is 34.4. The molecule has 10 rings (SSSR count). The standard InChI is InChI=1S/C64H60F6N4/c1-59(2,3)41-27-37(28-42(31-41)60(4,5)6)54-48-23-21-45(71-48)33-46-22-24-49(72-46)55(38-29-43(61(7,8)9)32-44(30-38)62(10,11)12)52-34-47-53(35-13-17-39(18-14-35)63(65,66)67)56(36-15-19-40(20-16-36)64(68,69)70)57(58(47)74-52)51-26-25-50(54)73-51/h13-34,71,74H,1-12H3. The summed E-state index contributed by atoms with van der Waals surface area (Å²) in [5.74, 6) is 0. The molecule has 0 saturated carbocycles. The predicted molar refractivity (Wildman–Crippen MR) is 292 cm³/mol. The lowest BCUT2D eigenvalue weighted by Crippen LogP contribution is -2.16. The molecule has 4 aromatic carbocycles. The van der Waals surface area contributed by atoms with Crippen molar-refractivity contribution >= 4 is 57.5 Å². The molecule has 0 unspecified atom stereocenters. The van der Waals surface area contributed by atoms with E-state index in [-0.39, 0.29) is 21.7 Å².